The van der Waals surface area contributed by atoms with E-state index in [-0.39, 0.29) is 5.91 Å². The Morgan fingerprint density at radius 1 is 0.967 bits per heavy atom. The predicted octanol–water partition coefficient (Wildman–Crippen LogP) is 6.41. The zero-order valence-electron chi connectivity index (χ0n) is 17.5. The topological polar surface area (TPSA) is 38.3 Å². The maximum atomic E-state index is 12.3. The third-order valence-corrected chi connectivity index (χ3v) is 5.41. The number of rotatable bonds is 9. The highest BCUT2D eigenvalue weighted by Gasteiger charge is 2.06. The molecule has 0 bridgehead atoms. The number of carbonyl (C=O) groups excluding carboxylic acids is 1. The maximum Gasteiger partial charge on any atom is 0.251 e. The number of nitrogens with one attached hydrogen (secondary N) is 1. The van der Waals surface area contributed by atoms with E-state index in [9.17, 15) is 4.79 Å². The molecule has 0 radical (unpaired) electrons. The van der Waals surface area contributed by atoms with Crippen molar-refractivity contribution in [1.82, 2.24) is 5.32 Å². The van der Waals surface area contributed by atoms with Crippen LogP contribution >= 0.6 is 11.6 Å². The zero-order valence-corrected chi connectivity index (χ0v) is 18.3. The second-order valence-corrected chi connectivity index (χ2v) is 8.07. The lowest BCUT2D eigenvalue weighted by atomic mass is 10.0. The Balaban J connectivity index is 1.41. The first-order valence-corrected chi connectivity index (χ1v) is 10.7. The molecule has 0 aliphatic rings. The quantitative estimate of drug-likeness (QED) is 0.405. The van der Waals surface area contributed by atoms with Gasteiger partial charge < -0.3 is 10.1 Å². The van der Waals surface area contributed by atoms with Crippen molar-refractivity contribution in [3.8, 4) is 5.75 Å². The van der Waals surface area contributed by atoms with Crippen molar-refractivity contribution in [2.24, 2.45) is 0 Å². The molecule has 0 aromatic heterocycles. The van der Waals surface area contributed by atoms with Crippen LogP contribution in [0.5, 0.6) is 5.75 Å². The van der Waals surface area contributed by atoms with Crippen molar-refractivity contribution in [2.75, 3.05) is 6.54 Å². The minimum atomic E-state index is -0.0668. The molecule has 3 aromatic rings. The van der Waals surface area contributed by atoms with Gasteiger partial charge >= 0.3 is 0 Å². The van der Waals surface area contributed by atoms with Gasteiger partial charge in [0.05, 0.1) is 0 Å². The average molecular weight is 422 g/mol. The second-order valence-electron chi connectivity index (χ2n) is 7.66. The molecule has 0 atom stereocenters. The number of benzene rings is 3. The smallest absolute Gasteiger partial charge is 0.251 e. The molecule has 3 nitrogen and oxygen atoms in total. The van der Waals surface area contributed by atoms with E-state index in [1.54, 1.807) is 12.1 Å². The third kappa shape index (κ3) is 6.36. The number of hydrogen-bond acceptors (Lipinski definition) is 2. The van der Waals surface area contributed by atoms with Crippen LogP contribution in [0.1, 0.15) is 53.2 Å². The van der Waals surface area contributed by atoms with Crippen molar-refractivity contribution in [2.45, 2.75) is 39.2 Å². The molecule has 0 unspecified atom stereocenters. The Morgan fingerprint density at radius 3 is 2.33 bits per heavy atom. The molecule has 156 valence electrons. The van der Waals surface area contributed by atoms with E-state index in [1.165, 1.54) is 11.1 Å². The van der Waals surface area contributed by atoms with Crippen LogP contribution in [0.4, 0.5) is 0 Å². The van der Waals surface area contributed by atoms with E-state index in [2.05, 4.69) is 43.4 Å². The first-order valence-electron chi connectivity index (χ1n) is 10.4. The van der Waals surface area contributed by atoms with Gasteiger partial charge in [-0.2, -0.15) is 0 Å². The molecule has 0 spiro atoms. The van der Waals surface area contributed by atoms with E-state index in [1.807, 2.05) is 36.4 Å². The molecule has 1 N–H and O–H groups in total. The van der Waals surface area contributed by atoms with Gasteiger partial charge in [0.25, 0.3) is 5.91 Å². The van der Waals surface area contributed by atoms with Crippen LogP contribution in [0.3, 0.4) is 0 Å². The van der Waals surface area contributed by atoms with E-state index in [0.29, 0.717) is 35.4 Å². The fourth-order valence-corrected chi connectivity index (χ4v) is 3.34. The van der Waals surface area contributed by atoms with Gasteiger partial charge in [-0.15, -0.1) is 0 Å². The van der Waals surface area contributed by atoms with Crippen molar-refractivity contribution in [1.29, 1.82) is 0 Å². The van der Waals surface area contributed by atoms with Gasteiger partial charge in [-0.3, -0.25) is 4.79 Å². The molecule has 0 saturated heterocycles. The van der Waals surface area contributed by atoms with Crippen molar-refractivity contribution in [3.63, 3.8) is 0 Å². The maximum absolute atomic E-state index is 12.3. The molecule has 4 heteroatoms. The van der Waals surface area contributed by atoms with Crippen LogP contribution in [-0.4, -0.2) is 12.5 Å². The van der Waals surface area contributed by atoms with E-state index >= 15 is 0 Å². The highest BCUT2D eigenvalue weighted by molar-refractivity contribution is 6.31. The number of hydrogen-bond donors (Lipinski definition) is 1. The summed E-state index contributed by atoms with van der Waals surface area (Å²) in [5.41, 5.74) is 4.21. The molecule has 1 amide bonds. The lowest BCUT2D eigenvalue weighted by Gasteiger charge is -2.09. The molecule has 30 heavy (non-hydrogen) atoms. The molecule has 0 aliphatic heterocycles. The van der Waals surface area contributed by atoms with Crippen LogP contribution in [0, 0.1) is 0 Å². The van der Waals surface area contributed by atoms with Crippen molar-refractivity contribution < 1.29 is 9.53 Å². The minimum Gasteiger partial charge on any atom is -0.489 e. The number of halogens is 1. The number of carbonyl (C=O) groups is 1. The molecule has 0 heterocycles. The summed E-state index contributed by atoms with van der Waals surface area (Å²) >= 11 is 6.14. The predicted molar refractivity (Wildman–Crippen MR) is 123 cm³/mol. The molecule has 0 aliphatic carbocycles. The summed E-state index contributed by atoms with van der Waals surface area (Å²) in [7, 11) is 0. The first-order chi connectivity index (χ1) is 14.5. The monoisotopic (exact) mass is 421 g/mol. The summed E-state index contributed by atoms with van der Waals surface area (Å²) in [4.78, 5) is 12.3. The molecule has 3 aromatic carbocycles. The van der Waals surface area contributed by atoms with Gasteiger partial charge in [0.2, 0.25) is 0 Å². The SMILES string of the molecule is CC(C)c1ccc(CCCNC(=O)c2ccc(OCc3ccccc3Cl)cc2)cc1. The van der Waals surface area contributed by atoms with Gasteiger partial charge in [0, 0.05) is 22.7 Å². The zero-order chi connectivity index (χ0) is 21.3. The van der Waals surface area contributed by atoms with Gasteiger partial charge in [0.1, 0.15) is 12.4 Å². The molecular formula is C26H28ClNO2. The Kier molecular flexibility index (Phi) is 7.92. The summed E-state index contributed by atoms with van der Waals surface area (Å²) in [6.07, 6.45) is 1.86. The minimum absolute atomic E-state index is 0.0668. The Labute approximate surface area is 184 Å². The van der Waals surface area contributed by atoms with Crippen LogP contribution < -0.4 is 10.1 Å². The summed E-state index contributed by atoms with van der Waals surface area (Å²) in [6, 6.07) is 23.5. The summed E-state index contributed by atoms with van der Waals surface area (Å²) in [5.74, 6) is 1.19. The Hall–Kier alpha value is -2.78. The summed E-state index contributed by atoms with van der Waals surface area (Å²) in [5, 5.41) is 3.67. The largest absolute Gasteiger partial charge is 0.489 e. The number of aryl methyl sites for hydroxylation is 1. The van der Waals surface area contributed by atoms with Crippen molar-refractivity contribution in [3.05, 3.63) is 100 Å². The normalized spacial score (nSPS) is 10.8. The highest BCUT2D eigenvalue weighted by atomic mass is 35.5. The van der Waals surface area contributed by atoms with Gasteiger partial charge in [-0.1, -0.05) is 67.9 Å². The molecule has 0 saturated carbocycles. The van der Waals surface area contributed by atoms with Gasteiger partial charge in [-0.05, 0) is 60.2 Å². The van der Waals surface area contributed by atoms with E-state index in [4.69, 9.17) is 16.3 Å². The Morgan fingerprint density at radius 2 is 1.67 bits per heavy atom. The highest BCUT2D eigenvalue weighted by Crippen LogP contribution is 2.19. The number of amides is 1. The average Bonchev–Trinajstić information content (AvgIpc) is 2.76. The van der Waals surface area contributed by atoms with Gasteiger partial charge in [-0.25, -0.2) is 0 Å². The third-order valence-electron chi connectivity index (χ3n) is 5.04. The fraction of sp³-hybridized carbons (Fsp3) is 0.269. The lowest BCUT2D eigenvalue weighted by molar-refractivity contribution is 0.0953. The van der Waals surface area contributed by atoms with Crippen LogP contribution in [-0.2, 0) is 13.0 Å². The second kappa shape index (κ2) is 10.8. The fourth-order valence-electron chi connectivity index (χ4n) is 3.14. The van der Waals surface area contributed by atoms with Gasteiger partial charge in [0.15, 0.2) is 0 Å². The molecule has 3 rings (SSSR count). The standard InChI is InChI=1S/C26H28ClNO2/c1-19(2)21-11-9-20(10-12-21)6-5-17-28-26(29)22-13-15-24(16-14-22)30-18-23-7-3-4-8-25(23)27/h3-4,7-16,19H,5-6,17-18H2,1-2H3,(H,28,29). The first kappa shape index (κ1) is 21.9. The molecular weight excluding hydrogens is 394 g/mol. The van der Waals surface area contributed by atoms with E-state index in [0.717, 1.165) is 18.4 Å². The Bertz CT molecular complexity index is 950. The summed E-state index contributed by atoms with van der Waals surface area (Å²) < 4.78 is 5.76. The lowest BCUT2D eigenvalue weighted by Crippen LogP contribution is -2.24. The summed E-state index contributed by atoms with van der Waals surface area (Å²) in [6.45, 7) is 5.43. The molecule has 0 fully saturated rings. The number of ether oxygens (including phenoxy) is 1. The van der Waals surface area contributed by atoms with E-state index < -0.39 is 0 Å². The van der Waals surface area contributed by atoms with Crippen LogP contribution in [0.25, 0.3) is 0 Å². The van der Waals surface area contributed by atoms with Crippen LogP contribution in [0.15, 0.2) is 72.8 Å². The van der Waals surface area contributed by atoms with Crippen LogP contribution in [0.2, 0.25) is 5.02 Å². The van der Waals surface area contributed by atoms with Crippen molar-refractivity contribution >= 4 is 17.5 Å².